The molecular weight excluding hydrogens is 1010 g/mol. The van der Waals surface area contributed by atoms with E-state index in [4.69, 9.17) is 13.8 Å². The van der Waals surface area contributed by atoms with Gasteiger partial charge in [0.05, 0.1) is 33.8 Å². The maximum absolute atomic E-state index is 13.6. The van der Waals surface area contributed by atoms with E-state index in [0.717, 1.165) is 89.9 Å². The lowest BCUT2D eigenvalue weighted by Crippen LogP contribution is -2.47. The molecule has 0 aromatic heterocycles. The van der Waals surface area contributed by atoms with Gasteiger partial charge in [0.15, 0.2) is 0 Å². The Morgan fingerprint density at radius 3 is 1.21 bits per heavy atom. The molecule has 80 heavy (non-hydrogen) atoms. The Hall–Kier alpha value is -2.29. The summed E-state index contributed by atoms with van der Waals surface area (Å²) in [6.45, 7) is 6.74. The number of phosphoric ester groups is 1. The third-order valence-electron chi connectivity index (χ3n) is 15.2. The number of rotatable bonds is 62. The first-order valence-electron chi connectivity index (χ1n) is 34.1. The minimum atomic E-state index is -4.70. The number of carbonyl (C=O) groups excluding carboxylic acids is 2. The summed E-state index contributed by atoms with van der Waals surface area (Å²) in [5.41, 5.74) is 0. The van der Waals surface area contributed by atoms with Crippen LogP contribution in [-0.4, -0.2) is 69.4 Å². The van der Waals surface area contributed by atoms with Crippen molar-refractivity contribution in [2.75, 3.05) is 40.9 Å². The van der Waals surface area contributed by atoms with Crippen molar-refractivity contribution in [3.8, 4) is 0 Å². The van der Waals surface area contributed by atoms with Crippen molar-refractivity contribution < 1.29 is 37.3 Å². The van der Waals surface area contributed by atoms with E-state index in [-0.39, 0.29) is 31.5 Å². The summed E-state index contributed by atoms with van der Waals surface area (Å²) in [4.78, 5) is 40.1. The molecule has 3 atom stereocenters. The van der Waals surface area contributed by atoms with Crippen LogP contribution < -0.4 is 10.2 Å². The molecule has 0 radical (unpaired) electrons. The van der Waals surface area contributed by atoms with Gasteiger partial charge >= 0.3 is 5.97 Å². The highest BCUT2D eigenvalue weighted by Crippen LogP contribution is 2.38. The molecule has 1 N–H and O–H groups in total. The van der Waals surface area contributed by atoms with E-state index in [1.165, 1.54) is 199 Å². The highest BCUT2D eigenvalue weighted by Gasteiger charge is 2.27. The monoisotopic (exact) mass is 1140 g/mol. The highest BCUT2D eigenvalue weighted by atomic mass is 31.2. The number of ether oxygens (including phenoxy) is 1. The van der Waals surface area contributed by atoms with Crippen LogP contribution in [0.25, 0.3) is 0 Å². The minimum Gasteiger partial charge on any atom is -0.756 e. The third kappa shape index (κ3) is 60.3. The topological polar surface area (TPSA) is 114 Å². The molecule has 0 rings (SSSR count). The first kappa shape index (κ1) is 77.7. The van der Waals surface area contributed by atoms with Crippen molar-refractivity contribution in [3.63, 3.8) is 0 Å². The van der Waals surface area contributed by atoms with Crippen LogP contribution >= 0.6 is 7.82 Å². The van der Waals surface area contributed by atoms with E-state index in [1.54, 1.807) is 0 Å². The summed E-state index contributed by atoms with van der Waals surface area (Å²) >= 11 is 0. The van der Waals surface area contributed by atoms with Crippen LogP contribution in [0.1, 0.15) is 323 Å². The lowest BCUT2D eigenvalue weighted by molar-refractivity contribution is -0.870. The number of nitrogens with zero attached hydrogens (tertiary/aromatic N) is 1. The van der Waals surface area contributed by atoms with Crippen LogP contribution in [0, 0.1) is 0 Å². The minimum absolute atomic E-state index is 0.0233. The van der Waals surface area contributed by atoms with Crippen LogP contribution in [0.5, 0.6) is 0 Å². The van der Waals surface area contributed by atoms with Crippen LogP contribution in [0.2, 0.25) is 0 Å². The molecule has 468 valence electrons. The summed E-state index contributed by atoms with van der Waals surface area (Å²) in [5, 5.41) is 3.04. The van der Waals surface area contributed by atoms with E-state index >= 15 is 0 Å². The average Bonchev–Trinajstić information content (AvgIpc) is 3.42. The Bertz CT molecular complexity index is 1550. The van der Waals surface area contributed by atoms with Crippen molar-refractivity contribution in [2.24, 2.45) is 0 Å². The zero-order chi connectivity index (χ0) is 58.6. The fourth-order valence-electron chi connectivity index (χ4n) is 9.95. The fraction of sp³-hybridized carbons (Fsp3) is 0.829. The molecular formula is C70H131N2O7P. The molecule has 0 saturated carbocycles. The van der Waals surface area contributed by atoms with Gasteiger partial charge in [-0.2, -0.15) is 0 Å². The molecule has 1 amide bonds. The summed E-state index contributed by atoms with van der Waals surface area (Å²) < 4.78 is 30.4. The average molecular weight is 1140 g/mol. The third-order valence-corrected chi connectivity index (χ3v) is 16.1. The molecule has 0 fully saturated rings. The Morgan fingerprint density at radius 1 is 0.450 bits per heavy atom. The highest BCUT2D eigenvalue weighted by molar-refractivity contribution is 7.45. The number of likely N-dealkylation sites (N-methyl/N-ethyl adjacent to an activating group) is 1. The number of quaternary nitrogens is 1. The van der Waals surface area contributed by atoms with Crippen molar-refractivity contribution >= 4 is 19.7 Å². The molecule has 0 aliphatic carbocycles. The predicted octanol–water partition coefficient (Wildman–Crippen LogP) is 20.8. The number of carbonyl (C=O) groups is 2. The molecule has 0 saturated heterocycles. The number of hydrogen-bond acceptors (Lipinski definition) is 7. The Morgan fingerprint density at radius 2 is 0.800 bits per heavy atom. The van der Waals surface area contributed by atoms with Crippen molar-refractivity contribution in [1.29, 1.82) is 0 Å². The van der Waals surface area contributed by atoms with Gasteiger partial charge in [-0.15, -0.1) is 0 Å². The molecule has 0 aromatic carbocycles. The van der Waals surface area contributed by atoms with E-state index in [0.29, 0.717) is 17.4 Å². The second-order valence-corrected chi connectivity index (χ2v) is 25.7. The summed E-state index contributed by atoms with van der Waals surface area (Å²) in [5.74, 6) is -0.540. The number of phosphoric acid groups is 1. The lowest BCUT2D eigenvalue weighted by atomic mass is 10.0. The Labute approximate surface area is 496 Å². The predicted molar refractivity (Wildman–Crippen MR) is 344 cm³/mol. The van der Waals surface area contributed by atoms with Gasteiger partial charge in [-0.1, -0.05) is 281 Å². The van der Waals surface area contributed by atoms with Gasteiger partial charge in [0, 0.05) is 12.8 Å². The maximum atomic E-state index is 13.6. The zero-order valence-electron chi connectivity index (χ0n) is 53.5. The number of unbranched alkanes of at least 4 members (excludes halogenated alkanes) is 38. The summed E-state index contributed by atoms with van der Waals surface area (Å²) in [7, 11) is 1.19. The van der Waals surface area contributed by atoms with E-state index < -0.39 is 20.0 Å². The van der Waals surface area contributed by atoms with Crippen molar-refractivity contribution in [1.82, 2.24) is 5.32 Å². The quantitative estimate of drug-likeness (QED) is 0.0212. The van der Waals surface area contributed by atoms with Crippen LogP contribution in [-0.2, 0) is 27.9 Å². The van der Waals surface area contributed by atoms with Crippen molar-refractivity contribution in [2.45, 2.75) is 335 Å². The molecule has 0 aliphatic rings. The van der Waals surface area contributed by atoms with Crippen LogP contribution in [0.4, 0.5) is 0 Å². The first-order chi connectivity index (χ1) is 38.9. The molecule has 3 unspecified atom stereocenters. The Balaban J connectivity index is 5.02. The lowest BCUT2D eigenvalue weighted by Gasteiger charge is -2.30. The van der Waals surface area contributed by atoms with Gasteiger partial charge in [-0.3, -0.25) is 14.2 Å². The van der Waals surface area contributed by atoms with E-state index in [9.17, 15) is 19.0 Å². The normalized spacial score (nSPS) is 13.9. The SMILES string of the molecule is CC/C=C/C/C=C/CCCCCCCCCC(=O)OC(/C=C\CCCCCCCCCCCCC)C(COP(=O)([O-])OCC[N+](C)(C)C)NC(=O)CCCCCCCCCCCCCCCCCCC/C=C\C/C=C\CCCCC. The molecule has 9 nitrogen and oxygen atoms in total. The molecule has 0 aliphatic heterocycles. The number of esters is 1. The molecule has 0 heterocycles. The van der Waals surface area contributed by atoms with Gasteiger partial charge in [-0.05, 0) is 89.5 Å². The molecule has 0 aromatic rings. The second kappa shape index (κ2) is 59.9. The standard InChI is InChI=1S/C70H131N2O7P/c1-7-10-13-16-19-22-25-28-30-31-32-33-34-35-36-37-38-39-40-41-42-44-47-50-53-56-59-62-69(73)71-67(66-78-80(75,76)77-65-64-72(4,5)6)68(61-58-55-52-49-46-43-27-24-21-18-15-12-9-3)79-70(74)63-60-57-54-51-48-45-29-26-23-20-17-14-11-8-2/h11,14,19-20,22-23,28,30,58,61,67-68H,7-10,12-13,15-18,21,24-27,29,31-57,59-60,62-66H2,1-6H3,(H-,71,73,75,76)/b14-11+,22-19-,23-20+,30-28-,61-58-. The molecule has 10 heteroatoms. The van der Waals surface area contributed by atoms with Gasteiger partial charge in [-0.25, -0.2) is 0 Å². The largest absolute Gasteiger partial charge is 0.756 e. The fourth-order valence-corrected chi connectivity index (χ4v) is 10.7. The summed E-state index contributed by atoms with van der Waals surface area (Å²) in [6.07, 6.45) is 76.3. The first-order valence-corrected chi connectivity index (χ1v) is 35.6. The van der Waals surface area contributed by atoms with Crippen LogP contribution in [0.3, 0.4) is 0 Å². The van der Waals surface area contributed by atoms with Gasteiger partial charge < -0.3 is 28.5 Å². The van der Waals surface area contributed by atoms with E-state index in [1.807, 2.05) is 33.3 Å². The van der Waals surface area contributed by atoms with Gasteiger partial charge in [0.1, 0.15) is 19.3 Å². The molecule has 0 bridgehead atoms. The van der Waals surface area contributed by atoms with Gasteiger partial charge in [0.25, 0.3) is 7.82 Å². The smallest absolute Gasteiger partial charge is 0.306 e. The van der Waals surface area contributed by atoms with Crippen molar-refractivity contribution in [3.05, 3.63) is 60.8 Å². The van der Waals surface area contributed by atoms with Crippen LogP contribution in [0.15, 0.2) is 60.8 Å². The number of hydrogen-bond donors (Lipinski definition) is 1. The van der Waals surface area contributed by atoms with E-state index in [2.05, 4.69) is 74.7 Å². The number of amides is 1. The van der Waals surface area contributed by atoms with Gasteiger partial charge in [0.2, 0.25) is 5.91 Å². The number of allylic oxidation sites excluding steroid dienone is 9. The zero-order valence-corrected chi connectivity index (χ0v) is 54.4. The molecule has 0 spiro atoms. The second-order valence-electron chi connectivity index (χ2n) is 24.3. The maximum Gasteiger partial charge on any atom is 0.306 e. The summed E-state index contributed by atoms with van der Waals surface area (Å²) in [6, 6.07) is -0.891. The number of nitrogens with one attached hydrogen (secondary N) is 1. The Kier molecular flexibility index (Phi) is 58.1.